The van der Waals surface area contributed by atoms with Crippen molar-refractivity contribution < 1.29 is 9.53 Å². The molecule has 1 aliphatic heterocycles. The van der Waals surface area contributed by atoms with Gasteiger partial charge in [-0.2, -0.15) is 11.3 Å². The fourth-order valence-corrected chi connectivity index (χ4v) is 3.91. The van der Waals surface area contributed by atoms with Crippen molar-refractivity contribution in [3.05, 3.63) is 58.3 Å². The van der Waals surface area contributed by atoms with Crippen LogP contribution in [0.3, 0.4) is 0 Å². The van der Waals surface area contributed by atoms with Crippen LogP contribution in [0.2, 0.25) is 0 Å². The molecule has 2 N–H and O–H groups in total. The third-order valence-electron chi connectivity index (χ3n) is 4.64. The Morgan fingerprint density at radius 3 is 2.69 bits per heavy atom. The summed E-state index contributed by atoms with van der Waals surface area (Å²) in [5.74, 6) is 0. The summed E-state index contributed by atoms with van der Waals surface area (Å²) in [6.07, 6.45) is 1.92. The van der Waals surface area contributed by atoms with Crippen LogP contribution in [0.5, 0.6) is 0 Å². The zero-order valence-electron chi connectivity index (χ0n) is 15.0. The highest BCUT2D eigenvalue weighted by Gasteiger charge is 2.23. The number of carbonyl (C=O) groups is 1. The Hall–Kier alpha value is -1.89. The van der Waals surface area contributed by atoms with E-state index in [9.17, 15) is 4.79 Å². The molecule has 0 spiro atoms. The highest BCUT2D eigenvalue weighted by Crippen LogP contribution is 2.23. The molecule has 2 aromatic rings. The van der Waals surface area contributed by atoms with E-state index in [0.717, 1.165) is 39.1 Å². The Labute approximate surface area is 159 Å². The lowest BCUT2D eigenvalue weighted by Crippen LogP contribution is -2.45. The molecule has 0 radical (unpaired) electrons. The van der Waals surface area contributed by atoms with Gasteiger partial charge in [0.25, 0.3) is 0 Å². The van der Waals surface area contributed by atoms with Crippen molar-refractivity contribution in [2.45, 2.75) is 18.9 Å². The quantitative estimate of drug-likeness (QED) is 0.699. The molecule has 2 heterocycles. The van der Waals surface area contributed by atoms with E-state index in [4.69, 9.17) is 4.74 Å². The van der Waals surface area contributed by atoms with E-state index in [1.807, 2.05) is 18.2 Å². The van der Waals surface area contributed by atoms with Crippen LogP contribution in [0.1, 0.15) is 23.6 Å². The van der Waals surface area contributed by atoms with Crippen molar-refractivity contribution in [2.75, 3.05) is 39.4 Å². The van der Waals surface area contributed by atoms with Crippen LogP contribution in [0.15, 0.2) is 47.2 Å². The van der Waals surface area contributed by atoms with Crippen LogP contribution in [-0.2, 0) is 11.2 Å². The lowest BCUT2D eigenvalue weighted by Gasteiger charge is -2.34. The minimum absolute atomic E-state index is 0.0912. The van der Waals surface area contributed by atoms with Crippen LogP contribution in [0.25, 0.3) is 0 Å². The van der Waals surface area contributed by atoms with Crippen LogP contribution in [0, 0.1) is 0 Å². The first kappa shape index (κ1) is 18.9. The van der Waals surface area contributed by atoms with Gasteiger partial charge in [0.15, 0.2) is 0 Å². The van der Waals surface area contributed by atoms with Crippen molar-refractivity contribution in [3.8, 4) is 0 Å². The molecule has 1 saturated heterocycles. The second-order valence-electron chi connectivity index (χ2n) is 6.45. The highest BCUT2D eigenvalue weighted by atomic mass is 32.1. The van der Waals surface area contributed by atoms with Crippen LogP contribution in [-0.4, -0.2) is 50.3 Å². The Balaban J connectivity index is 1.41. The van der Waals surface area contributed by atoms with Crippen LogP contribution >= 0.6 is 11.3 Å². The van der Waals surface area contributed by atoms with Crippen molar-refractivity contribution >= 4 is 17.4 Å². The summed E-state index contributed by atoms with van der Waals surface area (Å²) in [6, 6.07) is 12.6. The van der Waals surface area contributed by atoms with Gasteiger partial charge in [-0.3, -0.25) is 4.90 Å². The number of hydrogen-bond acceptors (Lipinski definition) is 4. The van der Waals surface area contributed by atoms with Gasteiger partial charge in [0.1, 0.15) is 0 Å². The third kappa shape index (κ3) is 5.83. The summed E-state index contributed by atoms with van der Waals surface area (Å²) in [4.78, 5) is 14.5. The number of benzene rings is 1. The second kappa shape index (κ2) is 10.3. The standard InChI is InChI=1S/C20H27N3O2S/c24-20(21-9-4-7-17-5-2-1-3-6-17)22-15-19(18-8-14-26-16-18)23-10-12-25-13-11-23/h1-3,5-6,8,14,16,19H,4,7,9-13,15H2,(H2,21,22,24). The van der Waals surface area contributed by atoms with Gasteiger partial charge in [0.2, 0.25) is 0 Å². The maximum Gasteiger partial charge on any atom is 0.314 e. The average Bonchev–Trinajstić information content (AvgIpc) is 3.22. The molecule has 1 aliphatic rings. The van der Waals surface area contributed by atoms with E-state index in [2.05, 4.69) is 44.5 Å². The normalized spacial score (nSPS) is 16.2. The van der Waals surface area contributed by atoms with E-state index in [0.29, 0.717) is 13.1 Å². The fourth-order valence-electron chi connectivity index (χ4n) is 3.20. The first-order valence-electron chi connectivity index (χ1n) is 9.22. The smallest absolute Gasteiger partial charge is 0.314 e. The van der Waals surface area contributed by atoms with Gasteiger partial charge >= 0.3 is 6.03 Å². The molecular formula is C20H27N3O2S. The Morgan fingerprint density at radius 2 is 1.96 bits per heavy atom. The number of aryl methyl sites for hydroxylation is 1. The maximum atomic E-state index is 12.1. The maximum absolute atomic E-state index is 12.1. The Kier molecular flexibility index (Phi) is 7.49. The molecule has 0 bridgehead atoms. The lowest BCUT2D eigenvalue weighted by molar-refractivity contribution is 0.0168. The molecule has 0 aliphatic carbocycles. The SMILES string of the molecule is O=C(NCCCc1ccccc1)NCC(c1ccsc1)N1CCOCC1. The number of thiophene rings is 1. The average molecular weight is 374 g/mol. The largest absolute Gasteiger partial charge is 0.379 e. The molecule has 140 valence electrons. The number of nitrogens with one attached hydrogen (secondary N) is 2. The fraction of sp³-hybridized carbons (Fsp3) is 0.450. The number of morpholine rings is 1. The molecule has 6 heteroatoms. The van der Waals surface area contributed by atoms with Crippen molar-refractivity contribution in [1.82, 2.24) is 15.5 Å². The number of ether oxygens (including phenoxy) is 1. The lowest BCUT2D eigenvalue weighted by atomic mass is 10.1. The number of nitrogens with zero attached hydrogens (tertiary/aromatic N) is 1. The van der Waals surface area contributed by atoms with Crippen molar-refractivity contribution in [3.63, 3.8) is 0 Å². The minimum atomic E-state index is -0.0912. The van der Waals surface area contributed by atoms with Crippen LogP contribution < -0.4 is 10.6 Å². The summed E-state index contributed by atoms with van der Waals surface area (Å²) in [7, 11) is 0. The van der Waals surface area contributed by atoms with Gasteiger partial charge in [-0.1, -0.05) is 30.3 Å². The summed E-state index contributed by atoms with van der Waals surface area (Å²) < 4.78 is 5.46. The van der Waals surface area contributed by atoms with Gasteiger partial charge in [0.05, 0.1) is 19.3 Å². The van der Waals surface area contributed by atoms with Gasteiger partial charge in [-0.05, 0) is 40.8 Å². The molecule has 0 saturated carbocycles. The molecule has 1 atom stereocenters. The Morgan fingerprint density at radius 1 is 1.15 bits per heavy atom. The molecule has 5 nitrogen and oxygen atoms in total. The first-order valence-corrected chi connectivity index (χ1v) is 10.2. The molecule has 26 heavy (non-hydrogen) atoms. The summed E-state index contributed by atoms with van der Waals surface area (Å²) >= 11 is 1.69. The number of rotatable bonds is 8. The molecule has 2 amide bonds. The predicted molar refractivity (Wildman–Crippen MR) is 106 cm³/mol. The second-order valence-corrected chi connectivity index (χ2v) is 7.23. The van der Waals surface area contributed by atoms with E-state index in [1.54, 1.807) is 11.3 Å². The number of amides is 2. The van der Waals surface area contributed by atoms with Gasteiger partial charge < -0.3 is 15.4 Å². The monoisotopic (exact) mass is 373 g/mol. The zero-order valence-corrected chi connectivity index (χ0v) is 15.8. The van der Waals surface area contributed by atoms with E-state index in [1.165, 1.54) is 11.1 Å². The van der Waals surface area contributed by atoms with E-state index >= 15 is 0 Å². The molecule has 1 aromatic carbocycles. The van der Waals surface area contributed by atoms with Crippen LogP contribution in [0.4, 0.5) is 4.79 Å². The molecule has 1 unspecified atom stereocenters. The van der Waals surface area contributed by atoms with Crippen molar-refractivity contribution in [1.29, 1.82) is 0 Å². The van der Waals surface area contributed by atoms with Gasteiger partial charge in [0, 0.05) is 26.2 Å². The topological polar surface area (TPSA) is 53.6 Å². The molecular weight excluding hydrogens is 346 g/mol. The predicted octanol–water partition coefficient (Wildman–Crippen LogP) is 3.05. The van der Waals surface area contributed by atoms with Gasteiger partial charge in [-0.25, -0.2) is 4.79 Å². The summed E-state index contributed by atoms with van der Waals surface area (Å²) in [6.45, 7) is 4.61. The van der Waals surface area contributed by atoms with Gasteiger partial charge in [-0.15, -0.1) is 0 Å². The van der Waals surface area contributed by atoms with Crippen molar-refractivity contribution in [2.24, 2.45) is 0 Å². The molecule has 3 rings (SSSR count). The molecule has 1 aromatic heterocycles. The highest BCUT2D eigenvalue weighted by molar-refractivity contribution is 7.07. The minimum Gasteiger partial charge on any atom is -0.379 e. The molecule has 1 fully saturated rings. The number of carbonyl (C=O) groups excluding carboxylic acids is 1. The van der Waals surface area contributed by atoms with E-state index in [-0.39, 0.29) is 12.1 Å². The zero-order chi connectivity index (χ0) is 18.0. The number of hydrogen-bond donors (Lipinski definition) is 2. The first-order chi connectivity index (χ1) is 12.8. The van der Waals surface area contributed by atoms with E-state index < -0.39 is 0 Å². The summed E-state index contributed by atoms with van der Waals surface area (Å²) in [5.41, 5.74) is 2.57. The summed E-state index contributed by atoms with van der Waals surface area (Å²) in [5, 5.41) is 10.3. The third-order valence-corrected chi connectivity index (χ3v) is 5.34. The number of urea groups is 1. The Bertz CT molecular complexity index is 642.